The van der Waals surface area contributed by atoms with E-state index >= 15 is 0 Å². The largest absolute Gasteiger partial charge is 0.333 e. The summed E-state index contributed by atoms with van der Waals surface area (Å²) in [5, 5.41) is 8.92. The molecule has 1 aromatic carbocycles. The number of aryl methyl sites for hydroxylation is 2. The zero-order valence-electron chi connectivity index (χ0n) is 17.0. The number of nitrogens with zero attached hydrogens (tertiary/aromatic N) is 6. The van der Waals surface area contributed by atoms with Crippen LogP contribution in [0.15, 0.2) is 36.7 Å². The number of hydrogen-bond acceptors (Lipinski definition) is 4. The van der Waals surface area contributed by atoms with Crippen LogP contribution in [0.5, 0.6) is 0 Å². The Morgan fingerprint density at radius 1 is 1.07 bits per heavy atom. The summed E-state index contributed by atoms with van der Waals surface area (Å²) in [5.74, 6) is 0.0552. The Morgan fingerprint density at radius 2 is 1.90 bits per heavy atom. The van der Waals surface area contributed by atoms with Crippen molar-refractivity contribution in [3.05, 3.63) is 70.3 Å². The highest BCUT2D eigenvalue weighted by molar-refractivity contribution is 5.94. The van der Waals surface area contributed by atoms with Crippen molar-refractivity contribution in [2.75, 3.05) is 13.1 Å². The molecule has 0 saturated carbocycles. The van der Waals surface area contributed by atoms with E-state index in [-0.39, 0.29) is 5.91 Å². The predicted octanol–water partition coefficient (Wildman–Crippen LogP) is 1.91. The van der Waals surface area contributed by atoms with Crippen molar-refractivity contribution >= 4 is 5.91 Å². The molecule has 2 aliphatic rings. The van der Waals surface area contributed by atoms with Crippen LogP contribution in [0.25, 0.3) is 0 Å². The molecule has 150 valence electrons. The Balaban J connectivity index is 1.37. The highest BCUT2D eigenvalue weighted by atomic mass is 16.2. The number of amides is 1. The van der Waals surface area contributed by atoms with Gasteiger partial charge in [0, 0.05) is 76.3 Å². The predicted molar refractivity (Wildman–Crippen MR) is 109 cm³/mol. The van der Waals surface area contributed by atoms with Crippen molar-refractivity contribution in [3.8, 4) is 0 Å². The van der Waals surface area contributed by atoms with Gasteiger partial charge in [0.15, 0.2) is 5.69 Å². The molecular formula is C22H26N6O. The number of carbonyl (C=O) groups is 1. The molecule has 0 unspecified atom stereocenters. The smallest absolute Gasteiger partial charge is 0.275 e. The summed E-state index contributed by atoms with van der Waals surface area (Å²) in [7, 11) is 3.89. The van der Waals surface area contributed by atoms with Gasteiger partial charge in [-0.1, -0.05) is 24.3 Å². The molecule has 0 radical (unpaired) electrons. The van der Waals surface area contributed by atoms with Gasteiger partial charge in [-0.25, -0.2) is 0 Å². The van der Waals surface area contributed by atoms with E-state index in [2.05, 4.69) is 39.5 Å². The third-order valence-corrected chi connectivity index (χ3v) is 6.11. The van der Waals surface area contributed by atoms with E-state index in [1.54, 1.807) is 0 Å². The number of carbonyl (C=O) groups excluding carboxylic acids is 1. The summed E-state index contributed by atoms with van der Waals surface area (Å²) in [6.45, 7) is 3.98. The van der Waals surface area contributed by atoms with Gasteiger partial charge in [0.1, 0.15) is 0 Å². The lowest BCUT2D eigenvalue weighted by Crippen LogP contribution is -2.37. The van der Waals surface area contributed by atoms with Crippen molar-refractivity contribution in [2.24, 2.45) is 14.1 Å². The normalized spacial score (nSPS) is 16.6. The second kappa shape index (κ2) is 7.15. The molecular weight excluding hydrogens is 364 g/mol. The molecule has 0 spiro atoms. The van der Waals surface area contributed by atoms with Crippen LogP contribution in [-0.4, -0.2) is 48.4 Å². The van der Waals surface area contributed by atoms with Crippen LogP contribution >= 0.6 is 0 Å². The molecule has 1 amide bonds. The molecule has 7 heteroatoms. The minimum absolute atomic E-state index is 0.0552. The average Bonchev–Trinajstić information content (AvgIpc) is 3.29. The second-order valence-electron chi connectivity index (χ2n) is 8.13. The lowest BCUT2D eigenvalue weighted by molar-refractivity contribution is 0.0725. The van der Waals surface area contributed by atoms with Crippen LogP contribution in [0.2, 0.25) is 0 Å². The van der Waals surface area contributed by atoms with Gasteiger partial charge in [0.05, 0.1) is 6.20 Å². The van der Waals surface area contributed by atoms with Gasteiger partial charge in [-0.05, 0) is 17.5 Å². The van der Waals surface area contributed by atoms with Crippen molar-refractivity contribution in [1.29, 1.82) is 0 Å². The molecule has 0 aliphatic carbocycles. The maximum absolute atomic E-state index is 13.4. The Labute approximate surface area is 170 Å². The third-order valence-electron chi connectivity index (χ3n) is 6.11. The topological polar surface area (TPSA) is 59.2 Å². The molecule has 0 bridgehead atoms. The highest BCUT2D eigenvalue weighted by Crippen LogP contribution is 2.26. The number of fused-ring (bicyclic) bond motifs is 2. The molecule has 5 rings (SSSR count). The van der Waals surface area contributed by atoms with Crippen molar-refractivity contribution < 1.29 is 4.79 Å². The van der Waals surface area contributed by atoms with E-state index in [1.165, 1.54) is 22.4 Å². The summed E-state index contributed by atoms with van der Waals surface area (Å²) in [4.78, 5) is 17.7. The van der Waals surface area contributed by atoms with Gasteiger partial charge in [0.25, 0.3) is 5.91 Å². The second-order valence-corrected chi connectivity index (χ2v) is 8.13. The van der Waals surface area contributed by atoms with Gasteiger partial charge < -0.3 is 4.90 Å². The summed E-state index contributed by atoms with van der Waals surface area (Å²) in [6.07, 6.45) is 5.78. The molecule has 0 N–H and O–H groups in total. The zero-order valence-corrected chi connectivity index (χ0v) is 17.0. The molecule has 2 aromatic heterocycles. The van der Waals surface area contributed by atoms with Gasteiger partial charge in [-0.3, -0.25) is 19.1 Å². The van der Waals surface area contributed by atoms with E-state index in [4.69, 9.17) is 0 Å². The fourth-order valence-corrected chi connectivity index (χ4v) is 4.59. The van der Waals surface area contributed by atoms with Crippen LogP contribution in [0.4, 0.5) is 0 Å². The first-order valence-electron chi connectivity index (χ1n) is 10.2. The van der Waals surface area contributed by atoms with E-state index in [0.717, 1.165) is 44.6 Å². The SMILES string of the molecule is Cn1cc(CN2CCc3c(c(C(=O)N4CCc5ccccc5C4)nn3C)C2)cn1. The first-order chi connectivity index (χ1) is 14.1. The van der Waals surface area contributed by atoms with Gasteiger partial charge in [0.2, 0.25) is 0 Å². The molecule has 0 fully saturated rings. The summed E-state index contributed by atoms with van der Waals surface area (Å²) in [6, 6.07) is 8.41. The number of hydrogen-bond donors (Lipinski definition) is 0. The molecule has 2 aliphatic heterocycles. The number of rotatable bonds is 3. The lowest BCUT2D eigenvalue weighted by Gasteiger charge is -2.30. The first kappa shape index (κ1) is 18.1. The fourth-order valence-electron chi connectivity index (χ4n) is 4.59. The summed E-state index contributed by atoms with van der Waals surface area (Å²) < 4.78 is 3.74. The minimum atomic E-state index is 0.0552. The van der Waals surface area contributed by atoms with E-state index in [9.17, 15) is 4.79 Å². The molecule has 4 heterocycles. The van der Waals surface area contributed by atoms with Crippen molar-refractivity contribution in [3.63, 3.8) is 0 Å². The average molecular weight is 390 g/mol. The Bertz CT molecular complexity index is 1070. The first-order valence-corrected chi connectivity index (χ1v) is 10.2. The Hall–Kier alpha value is -2.93. The van der Waals surface area contributed by atoms with Crippen LogP contribution < -0.4 is 0 Å². The van der Waals surface area contributed by atoms with E-state index in [1.807, 2.05) is 40.6 Å². The van der Waals surface area contributed by atoms with Crippen LogP contribution in [0.1, 0.15) is 38.4 Å². The van der Waals surface area contributed by atoms with Crippen LogP contribution in [0, 0.1) is 0 Å². The van der Waals surface area contributed by atoms with E-state index < -0.39 is 0 Å². The minimum Gasteiger partial charge on any atom is -0.333 e. The summed E-state index contributed by atoms with van der Waals surface area (Å²) in [5.41, 5.74) is 6.69. The van der Waals surface area contributed by atoms with Gasteiger partial charge in [-0.2, -0.15) is 10.2 Å². The fraction of sp³-hybridized carbons (Fsp3) is 0.409. The zero-order chi connectivity index (χ0) is 20.0. The monoisotopic (exact) mass is 390 g/mol. The van der Waals surface area contributed by atoms with E-state index in [0.29, 0.717) is 12.2 Å². The third kappa shape index (κ3) is 3.35. The molecule has 3 aromatic rings. The number of benzene rings is 1. The van der Waals surface area contributed by atoms with Crippen molar-refractivity contribution in [1.82, 2.24) is 29.4 Å². The maximum Gasteiger partial charge on any atom is 0.275 e. The molecule has 0 saturated heterocycles. The van der Waals surface area contributed by atoms with Crippen LogP contribution in [-0.2, 0) is 46.6 Å². The molecule has 29 heavy (non-hydrogen) atoms. The number of aromatic nitrogens is 4. The van der Waals surface area contributed by atoms with Gasteiger partial charge in [-0.15, -0.1) is 0 Å². The standard InChI is InChI=1S/C22H26N6O/c1-25-12-16(11-23-25)13-27-9-8-20-19(15-27)21(24-26(20)2)22(29)28-10-7-17-5-3-4-6-18(17)14-28/h3-6,11-12H,7-10,13-15H2,1-2H3. The Kier molecular flexibility index (Phi) is 4.47. The highest BCUT2D eigenvalue weighted by Gasteiger charge is 2.31. The molecule has 7 nitrogen and oxygen atoms in total. The molecule has 0 atom stereocenters. The summed E-state index contributed by atoms with van der Waals surface area (Å²) >= 11 is 0. The van der Waals surface area contributed by atoms with Crippen LogP contribution in [0.3, 0.4) is 0 Å². The van der Waals surface area contributed by atoms with Gasteiger partial charge >= 0.3 is 0 Å². The van der Waals surface area contributed by atoms with Crippen molar-refractivity contribution in [2.45, 2.75) is 32.5 Å². The quantitative estimate of drug-likeness (QED) is 0.686. The lowest BCUT2D eigenvalue weighted by atomic mass is 9.99. The Morgan fingerprint density at radius 3 is 2.69 bits per heavy atom. The maximum atomic E-state index is 13.4.